The Morgan fingerprint density at radius 3 is 2.06 bits per heavy atom. The van der Waals surface area contributed by atoms with Crippen LogP contribution < -0.4 is 5.32 Å². The molecular weight excluding hydrogens is 426 g/mol. The summed E-state index contributed by atoms with van der Waals surface area (Å²) >= 11 is 0. The van der Waals surface area contributed by atoms with E-state index < -0.39 is 18.1 Å². The fourth-order valence-electron chi connectivity index (χ4n) is 5.40. The normalized spacial score (nSPS) is 16.0. The van der Waals surface area contributed by atoms with E-state index in [1.165, 1.54) is 31.2 Å². The van der Waals surface area contributed by atoms with Crippen LogP contribution in [0, 0.1) is 0 Å². The quantitative estimate of drug-likeness (QED) is 0.467. The Morgan fingerprint density at radius 1 is 0.882 bits per heavy atom. The first kappa shape index (κ1) is 22.2. The molecule has 3 aromatic carbocycles. The second kappa shape index (κ2) is 9.72. The van der Waals surface area contributed by atoms with Crippen molar-refractivity contribution >= 4 is 12.1 Å². The Morgan fingerprint density at radius 2 is 1.47 bits per heavy atom. The van der Waals surface area contributed by atoms with Crippen LogP contribution in [0.3, 0.4) is 0 Å². The Bertz CT molecular complexity index is 1140. The van der Waals surface area contributed by atoms with Crippen LogP contribution in [0.5, 0.6) is 0 Å². The summed E-state index contributed by atoms with van der Waals surface area (Å²) in [4.78, 5) is 24.4. The third-order valence-electron chi connectivity index (χ3n) is 7.18. The molecule has 2 N–H and O–H groups in total. The van der Waals surface area contributed by atoms with Gasteiger partial charge in [0.05, 0.1) is 0 Å². The number of hydrogen-bond acceptors (Lipinski definition) is 3. The van der Waals surface area contributed by atoms with Gasteiger partial charge in [-0.3, -0.25) is 0 Å². The smallest absolute Gasteiger partial charge is 0.407 e. The summed E-state index contributed by atoms with van der Waals surface area (Å²) in [6.45, 7) is 0.155. The molecule has 0 heterocycles. The zero-order chi connectivity index (χ0) is 23.5. The van der Waals surface area contributed by atoms with Crippen LogP contribution in [0.25, 0.3) is 11.1 Å². The summed E-state index contributed by atoms with van der Waals surface area (Å²) in [7, 11) is 0. The molecule has 0 aliphatic heterocycles. The Balaban J connectivity index is 1.21. The molecule has 5 nitrogen and oxygen atoms in total. The highest BCUT2D eigenvalue weighted by molar-refractivity contribution is 5.81. The number of fused-ring (bicyclic) bond motifs is 3. The summed E-state index contributed by atoms with van der Waals surface area (Å²) < 4.78 is 5.53. The van der Waals surface area contributed by atoms with Gasteiger partial charge in [0, 0.05) is 12.3 Å². The predicted octanol–water partition coefficient (Wildman–Crippen LogP) is 5.88. The zero-order valence-electron chi connectivity index (χ0n) is 19.1. The van der Waals surface area contributed by atoms with Crippen molar-refractivity contribution in [2.45, 2.75) is 50.0 Å². The lowest BCUT2D eigenvalue weighted by molar-refractivity contribution is -0.139. The highest BCUT2D eigenvalue weighted by atomic mass is 16.5. The van der Waals surface area contributed by atoms with E-state index in [9.17, 15) is 14.7 Å². The Kier molecular flexibility index (Phi) is 6.35. The van der Waals surface area contributed by atoms with Crippen molar-refractivity contribution in [2.24, 2.45) is 0 Å². The lowest BCUT2D eigenvalue weighted by Gasteiger charge is -2.18. The van der Waals surface area contributed by atoms with E-state index in [-0.39, 0.29) is 18.9 Å². The van der Waals surface area contributed by atoms with Crippen LogP contribution in [0.15, 0.2) is 72.8 Å². The van der Waals surface area contributed by atoms with E-state index in [2.05, 4.69) is 41.7 Å². The van der Waals surface area contributed by atoms with Gasteiger partial charge in [0.2, 0.25) is 0 Å². The molecule has 2 aliphatic rings. The zero-order valence-corrected chi connectivity index (χ0v) is 19.1. The highest BCUT2D eigenvalue weighted by Gasteiger charge is 2.30. The van der Waals surface area contributed by atoms with Gasteiger partial charge >= 0.3 is 12.1 Å². The van der Waals surface area contributed by atoms with E-state index in [1.54, 1.807) is 0 Å². The van der Waals surface area contributed by atoms with E-state index >= 15 is 0 Å². The Labute approximate surface area is 199 Å². The van der Waals surface area contributed by atoms with Crippen LogP contribution in [0.1, 0.15) is 59.8 Å². The third kappa shape index (κ3) is 4.56. The number of amides is 1. The summed E-state index contributed by atoms with van der Waals surface area (Å²) in [6, 6.07) is 23.3. The second-order valence-corrected chi connectivity index (χ2v) is 9.29. The molecule has 0 bridgehead atoms. The first-order valence-corrected chi connectivity index (χ1v) is 12.0. The maximum atomic E-state index is 12.6. The van der Waals surface area contributed by atoms with Crippen LogP contribution in [0.4, 0.5) is 4.79 Å². The van der Waals surface area contributed by atoms with Crippen molar-refractivity contribution in [1.29, 1.82) is 0 Å². The molecule has 0 saturated heterocycles. The largest absolute Gasteiger partial charge is 0.480 e. The monoisotopic (exact) mass is 455 g/mol. The molecule has 2 aliphatic carbocycles. The number of carboxylic acids is 1. The summed E-state index contributed by atoms with van der Waals surface area (Å²) in [6.07, 6.45) is 4.50. The second-order valence-electron chi connectivity index (χ2n) is 9.29. The van der Waals surface area contributed by atoms with Crippen molar-refractivity contribution in [2.75, 3.05) is 6.61 Å². The maximum absolute atomic E-state index is 12.6. The minimum absolute atomic E-state index is 0.0652. The molecule has 0 spiro atoms. The number of aliphatic carboxylic acids is 1. The number of alkyl carbamates (subject to hydrolysis) is 1. The summed E-state index contributed by atoms with van der Waals surface area (Å²) in [5.74, 6) is -0.527. The van der Waals surface area contributed by atoms with Gasteiger partial charge in [0.25, 0.3) is 0 Å². The predicted molar refractivity (Wildman–Crippen MR) is 131 cm³/mol. The molecule has 5 rings (SSSR count). The van der Waals surface area contributed by atoms with Crippen LogP contribution >= 0.6 is 0 Å². The van der Waals surface area contributed by atoms with Crippen LogP contribution in [0.2, 0.25) is 0 Å². The van der Waals surface area contributed by atoms with Gasteiger partial charge in [-0.25, -0.2) is 9.59 Å². The maximum Gasteiger partial charge on any atom is 0.407 e. The third-order valence-corrected chi connectivity index (χ3v) is 7.18. The SMILES string of the molecule is O=C(N[C@@H](Cc1ccc(C2CCCC2)cc1)C(=O)O)OCC1c2ccccc2-c2ccccc21. The first-order valence-electron chi connectivity index (χ1n) is 12.0. The molecule has 0 aromatic heterocycles. The van der Waals surface area contributed by atoms with Gasteiger partial charge in [0.1, 0.15) is 12.6 Å². The number of carbonyl (C=O) groups is 2. The molecule has 1 fully saturated rings. The number of benzene rings is 3. The van der Waals surface area contributed by atoms with Crippen LogP contribution in [-0.2, 0) is 16.0 Å². The molecular formula is C29H29NO4. The molecule has 34 heavy (non-hydrogen) atoms. The van der Waals surface area contributed by atoms with Crippen molar-refractivity contribution in [3.05, 3.63) is 95.1 Å². The molecule has 5 heteroatoms. The Hall–Kier alpha value is -3.60. The number of carbonyl (C=O) groups excluding carboxylic acids is 1. The average Bonchev–Trinajstić information content (AvgIpc) is 3.50. The van der Waals surface area contributed by atoms with Crippen molar-refractivity contribution in [3.8, 4) is 11.1 Å². The standard InChI is InChI=1S/C29H29NO4/c31-28(32)27(17-19-13-15-21(16-14-19)20-7-1-2-8-20)30-29(33)34-18-26-24-11-5-3-9-22(24)23-10-4-6-12-25(23)26/h3-6,9-16,20,26-27H,1-2,7-8,17-18H2,(H,30,33)(H,31,32)/t27-/m0/s1. The van der Waals surface area contributed by atoms with E-state index in [4.69, 9.17) is 4.74 Å². The number of nitrogens with one attached hydrogen (secondary N) is 1. The number of carboxylic acid groups (broad SMARTS) is 1. The van der Waals surface area contributed by atoms with Crippen LogP contribution in [-0.4, -0.2) is 29.8 Å². The number of hydrogen-bond donors (Lipinski definition) is 2. The van der Waals surface area contributed by atoms with Gasteiger partial charge in [-0.2, -0.15) is 0 Å². The minimum Gasteiger partial charge on any atom is -0.480 e. The molecule has 1 amide bonds. The lowest BCUT2D eigenvalue weighted by atomic mass is 9.95. The van der Waals surface area contributed by atoms with Gasteiger partial charge < -0.3 is 15.2 Å². The summed E-state index contributed by atoms with van der Waals surface area (Å²) in [5, 5.41) is 12.2. The molecule has 0 unspecified atom stereocenters. The minimum atomic E-state index is -1.08. The number of ether oxygens (including phenoxy) is 1. The van der Waals surface area contributed by atoms with Crippen molar-refractivity contribution in [3.63, 3.8) is 0 Å². The molecule has 3 aromatic rings. The fourth-order valence-corrected chi connectivity index (χ4v) is 5.40. The molecule has 174 valence electrons. The highest BCUT2D eigenvalue weighted by Crippen LogP contribution is 2.44. The molecule has 1 saturated carbocycles. The van der Waals surface area contributed by atoms with Gasteiger partial charge in [0.15, 0.2) is 0 Å². The summed E-state index contributed by atoms with van der Waals surface area (Å²) in [5.41, 5.74) is 6.74. The average molecular weight is 456 g/mol. The number of rotatable bonds is 7. The molecule has 1 atom stereocenters. The van der Waals surface area contributed by atoms with Crippen molar-refractivity contribution in [1.82, 2.24) is 5.32 Å². The van der Waals surface area contributed by atoms with Crippen molar-refractivity contribution < 1.29 is 19.4 Å². The first-order chi connectivity index (χ1) is 16.6. The fraction of sp³-hybridized carbons (Fsp3) is 0.310. The van der Waals surface area contributed by atoms with E-state index in [1.807, 2.05) is 36.4 Å². The van der Waals surface area contributed by atoms with E-state index in [0.29, 0.717) is 5.92 Å². The van der Waals surface area contributed by atoms with Gasteiger partial charge in [-0.05, 0) is 52.1 Å². The van der Waals surface area contributed by atoms with E-state index in [0.717, 1.165) is 27.8 Å². The topological polar surface area (TPSA) is 75.6 Å². The molecule has 0 radical (unpaired) electrons. The lowest BCUT2D eigenvalue weighted by Crippen LogP contribution is -2.42. The van der Waals surface area contributed by atoms with Gasteiger partial charge in [-0.15, -0.1) is 0 Å². The van der Waals surface area contributed by atoms with Gasteiger partial charge in [-0.1, -0.05) is 85.6 Å².